The van der Waals surface area contributed by atoms with Gasteiger partial charge in [-0.25, -0.2) is 8.42 Å². The molecular formula is C13H20ClN3O4S. The summed E-state index contributed by atoms with van der Waals surface area (Å²) in [7, 11) is -3.57. The lowest BCUT2D eigenvalue weighted by molar-refractivity contribution is -0.117. The van der Waals surface area contributed by atoms with E-state index in [-0.39, 0.29) is 23.2 Å². The van der Waals surface area contributed by atoms with Gasteiger partial charge >= 0.3 is 0 Å². The van der Waals surface area contributed by atoms with E-state index in [0.717, 1.165) is 0 Å². The minimum atomic E-state index is -3.57. The van der Waals surface area contributed by atoms with E-state index in [2.05, 4.69) is 5.32 Å². The molecule has 3 N–H and O–H groups in total. The number of anilines is 1. The van der Waals surface area contributed by atoms with Crippen LogP contribution in [-0.2, 0) is 19.6 Å². The molecular weight excluding hydrogens is 330 g/mol. The molecule has 1 aliphatic rings. The molecule has 1 amide bonds. The number of carbonyl (C=O) groups excluding carboxylic acids is 1. The zero-order valence-corrected chi connectivity index (χ0v) is 13.8. The summed E-state index contributed by atoms with van der Waals surface area (Å²) in [5, 5.41) is 2.59. The van der Waals surface area contributed by atoms with E-state index in [9.17, 15) is 13.2 Å². The van der Waals surface area contributed by atoms with E-state index in [0.29, 0.717) is 32.0 Å². The second-order valence-corrected chi connectivity index (χ2v) is 6.76. The SMILES string of the molecule is CC(N)C(=O)Nc1cccc(S(=O)(=O)N2CCOCC2)c1.Cl. The lowest BCUT2D eigenvalue weighted by Gasteiger charge is -2.26. The monoisotopic (exact) mass is 349 g/mol. The summed E-state index contributed by atoms with van der Waals surface area (Å²) < 4.78 is 31.5. The number of benzene rings is 1. The van der Waals surface area contributed by atoms with Crippen molar-refractivity contribution >= 4 is 34.0 Å². The molecule has 1 aliphatic heterocycles. The Morgan fingerprint density at radius 2 is 2.00 bits per heavy atom. The predicted octanol–water partition coefficient (Wildman–Crippen LogP) is 0.415. The number of amides is 1. The second-order valence-electron chi connectivity index (χ2n) is 4.82. The van der Waals surface area contributed by atoms with E-state index in [4.69, 9.17) is 10.5 Å². The quantitative estimate of drug-likeness (QED) is 0.820. The van der Waals surface area contributed by atoms with Gasteiger partial charge in [-0.15, -0.1) is 12.4 Å². The molecule has 0 bridgehead atoms. The fraction of sp³-hybridized carbons (Fsp3) is 0.462. The van der Waals surface area contributed by atoms with E-state index in [1.165, 1.54) is 16.4 Å². The Hall–Kier alpha value is -1.19. The average molecular weight is 350 g/mol. The van der Waals surface area contributed by atoms with Crippen LogP contribution in [-0.4, -0.2) is 51.0 Å². The zero-order chi connectivity index (χ0) is 15.5. The van der Waals surface area contributed by atoms with Gasteiger partial charge in [0.15, 0.2) is 0 Å². The number of nitrogens with zero attached hydrogens (tertiary/aromatic N) is 1. The van der Waals surface area contributed by atoms with E-state index in [1.807, 2.05) is 0 Å². The van der Waals surface area contributed by atoms with Crippen molar-refractivity contribution in [2.75, 3.05) is 31.6 Å². The van der Waals surface area contributed by atoms with E-state index in [1.54, 1.807) is 19.1 Å². The molecule has 0 aromatic heterocycles. The summed E-state index contributed by atoms with van der Waals surface area (Å²) in [6.45, 7) is 3.00. The maximum atomic E-state index is 12.5. The number of ether oxygens (including phenoxy) is 1. The lowest BCUT2D eigenvalue weighted by Crippen LogP contribution is -2.40. The first kappa shape index (κ1) is 18.9. The molecule has 1 unspecified atom stereocenters. The fourth-order valence-corrected chi connectivity index (χ4v) is 3.38. The molecule has 7 nitrogen and oxygen atoms in total. The van der Waals surface area contributed by atoms with E-state index >= 15 is 0 Å². The fourth-order valence-electron chi connectivity index (χ4n) is 1.93. The van der Waals surface area contributed by atoms with Crippen LogP contribution in [0.4, 0.5) is 5.69 Å². The molecule has 9 heteroatoms. The molecule has 1 aromatic rings. The molecule has 0 saturated carbocycles. The number of halogens is 1. The van der Waals surface area contributed by atoms with Crippen LogP contribution in [0, 0.1) is 0 Å². The minimum Gasteiger partial charge on any atom is -0.379 e. The van der Waals surface area contributed by atoms with Gasteiger partial charge < -0.3 is 15.8 Å². The molecule has 124 valence electrons. The molecule has 22 heavy (non-hydrogen) atoms. The highest BCUT2D eigenvalue weighted by Crippen LogP contribution is 2.20. The predicted molar refractivity (Wildman–Crippen MR) is 85.5 cm³/mol. The first-order valence-corrected chi connectivity index (χ1v) is 8.09. The highest BCUT2D eigenvalue weighted by atomic mass is 35.5. The molecule has 0 aliphatic carbocycles. The Labute approximate surface area is 136 Å². The minimum absolute atomic E-state index is 0. The van der Waals surface area contributed by atoms with Gasteiger partial charge in [0.25, 0.3) is 0 Å². The van der Waals surface area contributed by atoms with Crippen molar-refractivity contribution in [3.05, 3.63) is 24.3 Å². The van der Waals surface area contributed by atoms with Gasteiger partial charge in [0.1, 0.15) is 0 Å². The highest BCUT2D eigenvalue weighted by molar-refractivity contribution is 7.89. The van der Waals surface area contributed by atoms with Crippen molar-refractivity contribution in [1.29, 1.82) is 0 Å². The molecule has 1 heterocycles. The van der Waals surface area contributed by atoms with Crippen LogP contribution in [0.5, 0.6) is 0 Å². The Kier molecular flexibility index (Phi) is 6.76. The Morgan fingerprint density at radius 3 is 2.59 bits per heavy atom. The van der Waals surface area contributed by atoms with Gasteiger partial charge in [0.2, 0.25) is 15.9 Å². The van der Waals surface area contributed by atoms with Crippen LogP contribution in [0.15, 0.2) is 29.2 Å². The van der Waals surface area contributed by atoms with Crippen molar-refractivity contribution in [3.63, 3.8) is 0 Å². The van der Waals surface area contributed by atoms with Gasteiger partial charge in [-0.3, -0.25) is 4.79 Å². The molecule has 1 saturated heterocycles. The van der Waals surface area contributed by atoms with Crippen molar-refractivity contribution in [2.45, 2.75) is 17.9 Å². The van der Waals surface area contributed by atoms with Crippen LogP contribution in [0.3, 0.4) is 0 Å². The highest BCUT2D eigenvalue weighted by Gasteiger charge is 2.26. The van der Waals surface area contributed by atoms with Crippen molar-refractivity contribution in [1.82, 2.24) is 4.31 Å². The summed E-state index contributed by atoms with van der Waals surface area (Å²) in [5.74, 6) is -0.365. The smallest absolute Gasteiger partial charge is 0.243 e. The molecule has 0 radical (unpaired) electrons. The molecule has 0 spiro atoms. The number of nitrogens with two attached hydrogens (primary N) is 1. The van der Waals surface area contributed by atoms with Crippen LogP contribution < -0.4 is 11.1 Å². The number of sulfonamides is 1. The standard InChI is InChI=1S/C13H19N3O4S.ClH/c1-10(14)13(17)15-11-3-2-4-12(9-11)21(18,19)16-5-7-20-8-6-16;/h2-4,9-10H,5-8,14H2,1H3,(H,15,17);1H. The zero-order valence-electron chi connectivity index (χ0n) is 12.2. The molecule has 1 fully saturated rings. The van der Waals surface area contributed by atoms with Gasteiger partial charge in [-0.2, -0.15) is 4.31 Å². The van der Waals surface area contributed by atoms with Crippen molar-refractivity contribution in [3.8, 4) is 0 Å². The van der Waals surface area contributed by atoms with Crippen LogP contribution in [0.1, 0.15) is 6.92 Å². The summed E-state index contributed by atoms with van der Waals surface area (Å²) >= 11 is 0. The Balaban J connectivity index is 0.00000242. The number of morpholine rings is 1. The molecule has 2 rings (SSSR count). The van der Waals surface area contributed by atoms with Gasteiger partial charge in [0, 0.05) is 18.8 Å². The van der Waals surface area contributed by atoms with Gasteiger partial charge in [-0.05, 0) is 25.1 Å². The molecule has 1 aromatic carbocycles. The normalized spacial score (nSPS) is 17.4. The summed E-state index contributed by atoms with van der Waals surface area (Å²) in [6, 6.07) is 5.49. The van der Waals surface area contributed by atoms with Crippen molar-refractivity contribution in [2.24, 2.45) is 5.73 Å². The molecule has 1 atom stereocenters. The van der Waals surface area contributed by atoms with Crippen LogP contribution in [0.25, 0.3) is 0 Å². The summed E-state index contributed by atoms with van der Waals surface area (Å²) in [6.07, 6.45) is 0. The first-order chi connectivity index (χ1) is 9.91. The van der Waals surface area contributed by atoms with Gasteiger partial charge in [0.05, 0.1) is 24.2 Å². The third-order valence-corrected chi connectivity index (χ3v) is 5.02. The number of nitrogens with one attached hydrogen (secondary N) is 1. The Bertz CT molecular complexity index is 615. The number of hydrogen-bond acceptors (Lipinski definition) is 5. The number of rotatable bonds is 4. The average Bonchev–Trinajstić information content (AvgIpc) is 2.48. The Morgan fingerprint density at radius 1 is 1.36 bits per heavy atom. The first-order valence-electron chi connectivity index (χ1n) is 6.65. The number of hydrogen-bond donors (Lipinski definition) is 2. The maximum Gasteiger partial charge on any atom is 0.243 e. The second kappa shape index (κ2) is 7.89. The topological polar surface area (TPSA) is 102 Å². The number of carbonyl (C=O) groups is 1. The van der Waals surface area contributed by atoms with E-state index < -0.39 is 16.1 Å². The maximum absolute atomic E-state index is 12.5. The lowest BCUT2D eigenvalue weighted by atomic mass is 10.3. The van der Waals surface area contributed by atoms with Gasteiger partial charge in [-0.1, -0.05) is 6.07 Å². The summed E-state index contributed by atoms with van der Waals surface area (Å²) in [5.41, 5.74) is 5.88. The summed E-state index contributed by atoms with van der Waals surface area (Å²) in [4.78, 5) is 11.7. The van der Waals surface area contributed by atoms with Crippen molar-refractivity contribution < 1.29 is 17.9 Å². The largest absolute Gasteiger partial charge is 0.379 e. The van der Waals surface area contributed by atoms with Crippen LogP contribution in [0.2, 0.25) is 0 Å². The van der Waals surface area contributed by atoms with Crippen LogP contribution >= 0.6 is 12.4 Å². The third kappa shape index (κ3) is 4.40. The third-order valence-electron chi connectivity index (χ3n) is 3.12.